The summed E-state index contributed by atoms with van der Waals surface area (Å²) in [6.07, 6.45) is 6.12. The van der Waals surface area contributed by atoms with E-state index in [2.05, 4.69) is 10.3 Å². The molecule has 0 aliphatic heterocycles. The first-order valence-corrected chi connectivity index (χ1v) is 9.13. The molecule has 1 fully saturated rings. The lowest BCUT2D eigenvalue weighted by Crippen LogP contribution is -2.05. The molecule has 1 aromatic carbocycles. The molecule has 0 unspecified atom stereocenters. The smallest absolute Gasteiger partial charge is 0.221 e. The fourth-order valence-electron chi connectivity index (χ4n) is 2.96. The van der Waals surface area contributed by atoms with Gasteiger partial charge in [0.2, 0.25) is 11.8 Å². The highest BCUT2D eigenvalue weighted by molar-refractivity contribution is 7.73. The minimum atomic E-state index is -0.125. The summed E-state index contributed by atoms with van der Waals surface area (Å²) in [5.74, 6) is 0.0825. The average Bonchev–Trinajstić information content (AvgIpc) is 3.13. The van der Waals surface area contributed by atoms with E-state index in [4.69, 9.17) is 12.2 Å². The number of aromatic hydroxyl groups is 1. The van der Waals surface area contributed by atoms with Crippen LogP contribution in [-0.2, 0) is 4.79 Å². The summed E-state index contributed by atoms with van der Waals surface area (Å²) in [5.41, 5.74) is 1.39. The van der Waals surface area contributed by atoms with Crippen LogP contribution in [0.15, 0.2) is 29.3 Å². The van der Waals surface area contributed by atoms with Crippen molar-refractivity contribution in [3.8, 4) is 5.88 Å². The van der Waals surface area contributed by atoms with Gasteiger partial charge in [-0.3, -0.25) is 14.4 Å². The Kier molecular flexibility index (Phi) is 5.11. The van der Waals surface area contributed by atoms with E-state index in [1.165, 1.54) is 31.1 Å². The van der Waals surface area contributed by atoms with Gasteiger partial charge in [-0.2, -0.15) is 0 Å². The fourth-order valence-corrected chi connectivity index (χ4v) is 4.28. The molecule has 0 bridgehead atoms. The van der Waals surface area contributed by atoms with Crippen LogP contribution in [0.1, 0.15) is 43.5 Å². The van der Waals surface area contributed by atoms with Gasteiger partial charge in [-0.15, -0.1) is 0 Å². The molecule has 2 aromatic rings. The molecule has 5 nitrogen and oxygen atoms in total. The third-order valence-corrected chi connectivity index (χ3v) is 5.36. The number of amides is 1. The van der Waals surface area contributed by atoms with Gasteiger partial charge in [-0.1, -0.05) is 30.2 Å². The number of benzene rings is 1. The van der Waals surface area contributed by atoms with Crippen LogP contribution in [0.5, 0.6) is 5.88 Å². The van der Waals surface area contributed by atoms with Crippen molar-refractivity contribution in [2.24, 2.45) is 4.99 Å². The SMILES string of the molecule is CC(=O)Nc1cccc(N=Cc2sc(=S)n(C3CCCC3)c2O)c1. The molecule has 0 spiro atoms. The summed E-state index contributed by atoms with van der Waals surface area (Å²) in [5, 5.41) is 13.2. The molecule has 1 aliphatic rings. The van der Waals surface area contributed by atoms with E-state index in [1.54, 1.807) is 18.3 Å². The third-order valence-electron chi connectivity index (χ3n) is 4.03. The summed E-state index contributed by atoms with van der Waals surface area (Å²) in [6.45, 7) is 1.46. The van der Waals surface area contributed by atoms with Gasteiger partial charge in [0.05, 0.1) is 11.9 Å². The van der Waals surface area contributed by atoms with Crippen LogP contribution in [0, 0.1) is 3.95 Å². The zero-order valence-electron chi connectivity index (χ0n) is 13.4. The van der Waals surface area contributed by atoms with Crippen LogP contribution in [0.3, 0.4) is 0 Å². The molecule has 1 heterocycles. The highest BCUT2D eigenvalue weighted by Crippen LogP contribution is 2.37. The molecule has 3 rings (SSSR count). The standard InChI is InChI=1S/C17H19N3O2S2/c1-11(21)19-13-6-4-5-12(9-13)18-10-15-16(22)20(17(23)24-15)14-7-2-3-8-14/h4-6,9-10,14,22H,2-3,7-8H2,1H3,(H,19,21). The molecule has 0 saturated heterocycles. The Hall–Kier alpha value is -1.99. The van der Waals surface area contributed by atoms with E-state index in [0.717, 1.165) is 12.8 Å². The Morgan fingerprint density at radius 3 is 2.92 bits per heavy atom. The molecular weight excluding hydrogens is 342 g/mol. The number of anilines is 1. The minimum Gasteiger partial charge on any atom is -0.493 e. The monoisotopic (exact) mass is 361 g/mol. The van der Waals surface area contributed by atoms with Gasteiger partial charge in [0.25, 0.3) is 0 Å². The highest BCUT2D eigenvalue weighted by atomic mass is 32.1. The van der Waals surface area contributed by atoms with Gasteiger partial charge >= 0.3 is 0 Å². The quantitative estimate of drug-likeness (QED) is 0.607. The number of thiazole rings is 1. The van der Waals surface area contributed by atoms with E-state index in [9.17, 15) is 9.90 Å². The molecule has 1 aromatic heterocycles. The van der Waals surface area contributed by atoms with E-state index < -0.39 is 0 Å². The fraction of sp³-hybridized carbons (Fsp3) is 0.353. The van der Waals surface area contributed by atoms with Crippen LogP contribution in [-0.4, -0.2) is 21.8 Å². The number of nitrogens with one attached hydrogen (secondary N) is 1. The van der Waals surface area contributed by atoms with Crippen molar-refractivity contribution in [1.29, 1.82) is 0 Å². The van der Waals surface area contributed by atoms with Crippen molar-refractivity contribution in [1.82, 2.24) is 4.57 Å². The first-order chi connectivity index (χ1) is 11.5. The second-order valence-electron chi connectivity index (χ2n) is 5.85. The molecule has 1 saturated carbocycles. The van der Waals surface area contributed by atoms with Crippen molar-refractivity contribution in [3.05, 3.63) is 33.1 Å². The van der Waals surface area contributed by atoms with E-state index in [-0.39, 0.29) is 11.8 Å². The second kappa shape index (κ2) is 7.27. The van der Waals surface area contributed by atoms with Crippen LogP contribution in [0.25, 0.3) is 0 Å². The van der Waals surface area contributed by atoms with Gasteiger partial charge in [0.1, 0.15) is 4.88 Å². The molecule has 0 radical (unpaired) electrons. The predicted molar refractivity (Wildman–Crippen MR) is 100 cm³/mol. The summed E-state index contributed by atoms with van der Waals surface area (Å²) in [4.78, 5) is 16.2. The number of aliphatic imine (C=N–C) groups is 1. The van der Waals surface area contributed by atoms with Crippen molar-refractivity contribution in [2.75, 3.05) is 5.32 Å². The van der Waals surface area contributed by atoms with Crippen molar-refractivity contribution < 1.29 is 9.90 Å². The number of hydrogen-bond acceptors (Lipinski definition) is 5. The summed E-state index contributed by atoms with van der Waals surface area (Å²) >= 11 is 6.78. The second-order valence-corrected chi connectivity index (χ2v) is 7.53. The number of hydrogen-bond donors (Lipinski definition) is 2. The third kappa shape index (κ3) is 3.73. The van der Waals surface area contributed by atoms with Crippen LogP contribution < -0.4 is 5.32 Å². The zero-order valence-corrected chi connectivity index (χ0v) is 15.0. The van der Waals surface area contributed by atoms with E-state index >= 15 is 0 Å². The maximum Gasteiger partial charge on any atom is 0.221 e. The predicted octanol–water partition coefficient (Wildman–Crippen LogP) is 4.81. The average molecular weight is 361 g/mol. The summed E-state index contributed by atoms with van der Waals surface area (Å²) < 4.78 is 2.55. The van der Waals surface area contributed by atoms with Crippen LogP contribution in [0.4, 0.5) is 11.4 Å². The highest BCUT2D eigenvalue weighted by Gasteiger charge is 2.22. The maximum absolute atomic E-state index is 11.1. The topological polar surface area (TPSA) is 66.6 Å². The Bertz CT molecular complexity index is 833. The van der Waals surface area contributed by atoms with E-state index in [1.807, 2.05) is 16.7 Å². The Balaban J connectivity index is 1.83. The molecule has 1 amide bonds. The number of aromatic nitrogens is 1. The number of carbonyl (C=O) groups is 1. The van der Waals surface area contributed by atoms with Gasteiger partial charge < -0.3 is 10.4 Å². The Morgan fingerprint density at radius 2 is 2.21 bits per heavy atom. The molecule has 24 heavy (non-hydrogen) atoms. The molecule has 7 heteroatoms. The van der Waals surface area contributed by atoms with Gasteiger partial charge in [-0.05, 0) is 43.3 Å². The molecule has 126 valence electrons. The summed E-state index contributed by atoms with van der Waals surface area (Å²) in [7, 11) is 0. The van der Waals surface area contributed by atoms with Crippen molar-refractivity contribution in [3.63, 3.8) is 0 Å². The Labute approximate surface area is 149 Å². The Morgan fingerprint density at radius 1 is 1.46 bits per heavy atom. The maximum atomic E-state index is 11.1. The molecule has 1 aliphatic carbocycles. The normalized spacial score (nSPS) is 15.2. The van der Waals surface area contributed by atoms with Gasteiger partial charge in [0.15, 0.2) is 3.95 Å². The lowest BCUT2D eigenvalue weighted by atomic mass is 10.2. The molecule has 0 atom stereocenters. The van der Waals surface area contributed by atoms with Gasteiger partial charge in [0, 0.05) is 18.7 Å². The van der Waals surface area contributed by atoms with Crippen LogP contribution >= 0.6 is 23.6 Å². The van der Waals surface area contributed by atoms with Crippen molar-refractivity contribution >= 4 is 47.1 Å². The first-order valence-electron chi connectivity index (χ1n) is 7.90. The summed E-state index contributed by atoms with van der Waals surface area (Å²) in [6, 6.07) is 7.55. The van der Waals surface area contributed by atoms with Crippen LogP contribution in [0.2, 0.25) is 0 Å². The largest absolute Gasteiger partial charge is 0.493 e. The van der Waals surface area contributed by atoms with Crippen molar-refractivity contribution in [2.45, 2.75) is 38.6 Å². The van der Waals surface area contributed by atoms with E-state index in [0.29, 0.717) is 26.2 Å². The first kappa shape index (κ1) is 16.9. The zero-order chi connectivity index (χ0) is 17.1. The number of nitrogens with zero attached hydrogens (tertiary/aromatic N) is 2. The number of carbonyl (C=O) groups excluding carboxylic acids is 1. The molecular formula is C17H19N3O2S2. The minimum absolute atomic E-state index is 0.125. The van der Waals surface area contributed by atoms with Gasteiger partial charge in [-0.25, -0.2) is 0 Å². The molecule has 2 N–H and O–H groups in total. The number of rotatable bonds is 4. The lowest BCUT2D eigenvalue weighted by molar-refractivity contribution is -0.114. The lowest BCUT2D eigenvalue weighted by Gasteiger charge is -2.12.